The minimum Gasteiger partial charge on any atom is -0.295 e. The van der Waals surface area contributed by atoms with E-state index in [1.165, 1.54) is 6.42 Å². The molecule has 2 rings (SSSR count). The maximum atomic E-state index is 11.5. The maximum Gasteiger partial charge on any atom is 0.159 e. The lowest BCUT2D eigenvalue weighted by atomic mass is 9.89. The number of hydrogen-bond acceptors (Lipinski definition) is 1. The minimum atomic E-state index is 0.302. The van der Waals surface area contributed by atoms with Gasteiger partial charge in [-0.25, -0.2) is 0 Å². The van der Waals surface area contributed by atoms with Gasteiger partial charge in [0.05, 0.1) is 0 Å². The zero-order valence-electron chi connectivity index (χ0n) is 7.36. The van der Waals surface area contributed by atoms with Gasteiger partial charge in [-0.2, -0.15) is 0 Å². The van der Waals surface area contributed by atoms with Crippen LogP contribution in [0, 0.1) is 17.8 Å². The summed E-state index contributed by atoms with van der Waals surface area (Å²) in [5.41, 5.74) is 0. The molecule has 1 nitrogen and oxygen atoms in total. The number of rotatable bonds is 2. The molecule has 0 amide bonds. The Bertz CT molecular complexity index is 250. The van der Waals surface area contributed by atoms with Crippen molar-refractivity contribution in [3.8, 4) is 0 Å². The van der Waals surface area contributed by atoms with E-state index in [0.717, 1.165) is 6.42 Å². The van der Waals surface area contributed by atoms with Crippen LogP contribution in [0.5, 0.6) is 0 Å². The van der Waals surface area contributed by atoms with Gasteiger partial charge in [0.15, 0.2) is 5.78 Å². The Morgan fingerprint density at radius 2 is 2.25 bits per heavy atom. The summed E-state index contributed by atoms with van der Waals surface area (Å²) >= 11 is 0. The molecule has 1 heteroatoms. The Hall–Kier alpha value is -0.850. The SMILES string of the molecule is C/C=C/C(=O)[C@@H]1C[C@@H]2C=C[C@H]1C2. The molecule has 2 aliphatic rings. The van der Waals surface area contributed by atoms with Crippen LogP contribution in [-0.2, 0) is 4.79 Å². The van der Waals surface area contributed by atoms with Gasteiger partial charge in [0.2, 0.25) is 0 Å². The van der Waals surface area contributed by atoms with Crippen LogP contribution >= 0.6 is 0 Å². The third-order valence-corrected chi connectivity index (χ3v) is 2.98. The summed E-state index contributed by atoms with van der Waals surface area (Å²) < 4.78 is 0. The van der Waals surface area contributed by atoms with Crippen molar-refractivity contribution in [2.24, 2.45) is 17.8 Å². The first-order valence-corrected chi connectivity index (χ1v) is 4.66. The van der Waals surface area contributed by atoms with Crippen molar-refractivity contribution >= 4 is 5.78 Å². The molecule has 3 atom stereocenters. The zero-order valence-corrected chi connectivity index (χ0v) is 7.36. The number of carbonyl (C=O) groups is 1. The lowest BCUT2D eigenvalue weighted by molar-refractivity contribution is -0.118. The summed E-state index contributed by atoms with van der Waals surface area (Å²) in [5.74, 6) is 1.89. The van der Waals surface area contributed by atoms with E-state index >= 15 is 0 Å². The van der Waals surface area contributed by atoms with Crippen molar-refractivity contribution in [2.75, 3.05) is 0 Å². The molecule has 1 fully saturated rings. The summed E-state index contributed by atoms with van der Waals surface area (Å²) in [6, 6.07) is 0. The van der Waals surface area contributed by atoms with Crippen LogP contribution in [0.15, 0.2) is 24.3 Å². The summed E-state index contributed by atoms with van der Waals surface area (Å²) in [7, 11) is 0. The number of carbonyl (C=O) groups excluding carboxylic acids is 1. The van der Waals surface area contributed by atoms with E-state index in [-0.39, 0.29) is 0 Å². The highest BCUT2D eigenvalue weighted by Crippen LogP contribution is 2.43. The number of fused-ring (bicyclic) bond motifs is 2. The molecule has 1 saturated carbocycles. The fourth-order valence-electron chi connectivity index (χ4n) is 2.40. The predicted molar refractivity (Wildman–Crippen MR) is 48.7 cm³/mol. The van der Waals surface area contributed by atoms with Gasteiger partial charge >= 0.3 is 0 Å². The Balaban J connectivity index is 2.07. The summed E-state index contributed by atoms with van der Waals surface area (Å²) in [6.07, 6.45) is 10.4. The van der Waals surface area contributed by atoms with Crippen LogP contribution in [0.3, 0.4) is 0 Å². The molecule has 2 bridgehead atoms. The van der Waals surface area contributed by atoms with E-state index in [1.807, 2.05) is 13.0 Å². The molecular weight excluding hydrogens is 148 g/mol. The Kier molecular flexibility index (Phi) is 1.87. The fraction of sp³-hybridized carbons (Fsp3) is 0.545. The van der Waals surface area contributed by atoms with Gasteiger partial charge in [-0.05, 0) is 37.7 Å². The standard InChI is InChI=1S/C11H14O/c1-2-3-11(12)10-7-8-4-5-9(10)6-8/h2-5,8-10H,6-7H2,1H3/b3-2+/t8-,9+,10-/m1/s1. The third kappa shape index (κ3) is 1.13. The highest BCUT2D eigenvalue weighted by molar-refractivity contribution is 5.92. The van der Waals surface area contributed by atoms with Gasteiger partial charge in [-0.3, -0.25) is 4.79 Å². The van der Waals surface area contributed by atoms with Crippen molar-refractivity contribution in [3.63, 3.8) is 0 Å². The van der Waals surface area contributed by atoms with Crippen molar-refractivity contribution < 1.29 is 4.79 Å². The molecule has 0 aromatic heterocycles. The van der Waals surface area contributed by atoms with Crippen LogP contribution in [0.1, 0.15) is 19.8 Å². The van der Waals surface area contributed by atoms with Crippen molar-refractivity contribution in [1.82, 2.24) is 0 Å². The molecule has 2 aliphatic carbocycles. The molecule has 0 radical (unpaired) electrons. The van der Waals surface area contributed by atoms with Crippen molar-refractivity contribution in [3.05, 3.63) is 24.3 Å². The first-order valence-electron chi connectivity index (χ1n) is 4.66. The quantitative estimate of drug-likeness (QED) is 0.450. The average molecular weight is 162 g/mol. The largest absolute Gasteiger partial charge is 0.295 e. The van der Waals surface area contributed by atoms with E-state index in [0.29, 0.717) is 23.5 Å². The summed E-state index contributed by atoms with van der Waals surface area (Å²) in [5, 5.41) is 0. The van der Waals surface area contributed by atoms with Gasteiger partial charge in [0, 0.05) is 5.92 Å². The van der Waals surface area contributed by atoms with Crippen molar-refractivity contribution in [2.45, 2.75) is 19.8 Å². The monoisotopic (exact) mass is 162 g/mol. The molecule has 0 aliphatic heterocycles. The first-order chi connectivity index (χ1) is 5.81. The van der Waals surface area contributed by atoms with Gasteiger partial charge in [0.1, 0.15) is 0 Å². The molecule has 0 spiro atoms. The van der Waals surface area contributed by atoms with E-state index in [9.17, 15) is 4.79 Å². The first kappa shape index (κ1) is 7.78. The predicted octanol–water partition coefficient (Wildman–Crippen LogP) is 2.34. The Labute approximate surface area is 73.2 Å². The number of ketones is 1. The van der Waals surface area contributed by atoms with E-state index in [4.69, 9.17) is 0 Å². The van der Waals surface area contributed by atoms with Crippen LogP contribution in [-0.4, -0.2) is 5.78 Å². The Morgan fingerprint density at radius 1 is 1.42 bits per heavy atom. The second-order valence-corrected chi connectivity index (χ2v) is 3.79. The van der Waals surface area contributed by atoms with Crippen LogP contribution in [0.2, 0.25) is 0 Å². The van der Waals surface area contributed by atoms with Gasteiger partial charge in [-0.1, -0.05) is 18.2 Å². The number of hydrogen-bond donors (Lipinski definition) is 0. The normalized spacial score (nSPS) is 38.2. The molecule has 0 saturated heterocycles. The highest BCUT2D eigenvalue weighted by Gasteiger charge is 2.38. The lowest BCUT2D eigenvalue weighted by Crippen LogP contribution is -2.16. The van der Waals surface area contributed by atoms with Crippen LogP contribution in [0.25, 0.3) is 0 Å². The van der Waals surface area contributed by atoms with E-state index in [2.05, 4.69) is 12.2 Å². The molecule has 0 aromatic carbocycles. The molecule has 64 valence electrons. The fourth-order valence-corrected chi connectivity index (χ4v) is 2.40. The molecule has 12 heavy (non-hydrogen) atoms. The highest BCUT2D eigenvalue weighted by atomic mass is 16.1. The molecule has 0 N–H and O–H groups in total. The van der Waals surface area contributed by atoms with Gasteiger partial charge < -0.3 is 0 Å². The molecule has 0 unspecified atom stereocenters. The molecule has 0 aromatic rings. The second-order valence-electron chi connectivity index (χ2n) is 3.79. The third-order valence-electron chi connectivity index (χ3n) is 2.98. The van der Waals surface area contributed by atoms with Crippen LogP contribution < -0.4 is 0 Å². The zero-order chi connectivity index (χ0) is 8.55. The van der Waals surface area contributed by atoms with E-state index < -0.39 is 0 Å². The lowest BCUT2D eigenvalue weighted by Gasteiger charge is -2.13. The number of allylic oxidation sites excluding steroid dienone is 4. The maximum absolute atomic E-state index is 11.5. The minimum absolute atomic E-state index is 0.302. The average Bonchev–Trinajstić information content (AvgIpc) is 2.64. The van der Waals surface area contributed by atoms with E-state index in [1.54, 1.807) is 6.08 Å². The van der Waals surface area contributed by atoms with Gasteiger partial charge in [-0.15, -0.1) is 0 Å². The molecular formula is C11H14O. The van der Waals surface area contributed by atoms with Crippen LogP contribution in [0.4, 0.5) is 0 Å². The van der Waals surface area contributed by atoms with Gasteiger partial charge in [0.25, 0.3) is 0 Å². The summed E-state index contributed by atoms with van der Waals surface area (Å²) in [4.78, 5) is 11.5. The summed E-state index contributed by atoms with van der Waals surface area (Å²) in [6.45, 7) is 1.90. The second kappa shape index (κ2) is 2.89. The van der Waals surface area contributed by atoms with Crippen molar-refractivity contribution in [1.29, 1.82) is 0 Å². The smallest absolute Gasteiger partial charge is 0.159 e. The Morgan fingerprint density at radius 3 is 2.75 bits per heavy atom. The topological polar surface area (TPSA) is 17.1 Å². The molecule has 0 heterocycles.